The summed E-state index contributed by atoms with van der Waals surface area (Å²) >= 11 is 10.2. The molecule has 3 aliphatic rings. The number of aromatic nitrogens is 4. The first-order valence-corrected chi connectivity index (χ1v) is 14.0. The smallest absolute Gasteiger partial charge is 0.352 e. The van der Waals surface area contributed by atoms with Crippen molar-refractivity contribution >= 4 is 64.2 Å². The van der Waals surface area contributed by atoms with Crippen LogP contribution >= 0.6 is 46.5 Å². The Morgan fingerprint density at radius 3 is 2.69 bits per heavy atom. The molecule has 0 radical (unpaired) electrons. The highest BCUT2D eigenvalue weighted by Gasteiger charge is 2.54. The van der Waals surface area contributed by atoms with Crippen LogP contribution in [0, 0.1) is 6.92 Å². The molecule has 2 aliphatic heterocycles. The van der Waals surface area contributed by atoms with Gasteiger partial charge in [0.25, 0.3) is 12.3 Å². The number of aliphatic carboxylic acids is 1. The molecule has 192 valence electrons. The normalized spacial score (nSPS) is 21.6. The van der Waals surface area contributed by atoms with E-state index in [0.29, 0.717) is 27.1 Å². The van der Waals surface area contributed by atoms with Gasteiger partial charge in [0.05, 0.1) is 10.7 Å². The lowest BCUT2D eigenvalue weighted by atomic mass is 10.0. The van der Waals surface area contributed by atoms with Gasteiger partial charge >= 0.3 is 5.97 Å². The minimum absolute atomic E-state index is 0.0244. The molecule has 0 aromatic carbocycles. The van der Waals surface area contributed by atoms with Crippen LogP contribution in [0.5, 0.6) is 0 Å². The molecule has 4 heterocycles. The maximum atomic E-state index is 13.3. The third-order valence-electron chi connectivity index (χ3n) is 5.86. The van der Waals surface area contributed by atoms with Crippen LogP contribution < -0.4 is 5.32 Å². The quantitative estimate of drug-likeness (QED) is 0.341. The number of hydrogen-bond donors (Lipinski definition) is 2. The molecule has 2 N–H and O–H groups in total. The van der Waals surface area contributed by atoms with Crippen molar-refractivity contribution < 1.29 is 28.3 Å². The van der Waals surface area contributed by atoms with Gasteiger partial charge in [0.2, 0.25) is 5.91 Å². The number of carboxylic acid groups (broad SMARTS) is 1. The van der Waals surface area contributed by atoms with Gasteiger partial charge < -0.3 is 10.4 Å². The molecule has 1 aliphatic carbocycles. The maximum absolute atomic E-state index is 13.3. The summed E-state index contributed by atoms with van der Waals surface area (Å²) in [6.45, 7) is 1.45. The first-order valence-electron chi connectivity index (χ1n) is 10.8. The Balaban J connectivity index is 1.27. The highest BCUT2D eigenvalue weighted by Crippen LogP contribution is 2.46. The predicted octanol–water partition coefficient (Wildman–Crippen LogP) is 3.04. The van der Waals surface area contributed by atoms with Crippen molar-refractivity contribution in [2.45, 2.75) is 54.4 Å². The number of carboxylic acids is 1. The summed E-state index contributed by atoms with van der Waals surface area (Å²) in [5.74, 6) is -1.67. The van der Waals surface area contributed by atoms with Crippen molar-refractivity contribution in [1.82, 2.24) is 30.2 Å². The molecule has 36 heavy (non-hydrogen) atoms. The minimum Gasteiger partial charge on any atom is -0.477 e. The van der Waals surface area contributed by atoms with Crippen LogP contribution in [0.2, 0.25) is 5.02 Å². The maximum Gasteiger partial charge on any atom is 0.352 e. The van der Waals surface area contributed by atoms with Crippen LogP contribution in [0.3, 0.4) is 0 Å². The monoisotopic (exact) mass is 576 g/mol. The fourth-order valence-electron chi connectivity index (χ4n) is 4.11. The van der Waals surface area contributed by atoms with E-state index in [9.17, 15) is 28.3 Å². The van der Waals surface area contributed by atoms with E-state index >= 15 is 0 Å². The zero-order chi connectivity index (χ0) is 25.7. The average molecular weight is 577 g/mol. The van der Waals surface area contributed by atoms with Crippen LogP contribution in [-0.2, 0) is 20.9 Å². The second kappa shape index (κ2) is 9.91. The molecular weight excluding hydrogens is 558 g/mol. The van der Waals surface area contributed by atoms with Gasteiger partial charge in [-0.25, -0.2) is 13.6 Å². The van der Waals surface area contributed by atoms with Crippen molar-refractivity contribution in [3.05, 3.63) is 32.7 Å². The lowest BCUT2D eigenvalue weighted by Crippen LogP contribution is -2.70. The van der Waals surface area contributed by atoms with Gasteiger partial charge in [-0.05, 0) is 25.3 Å². The molecule has 5 rings (SSSR count). The summed E-state index contributed by atoms with van der Waals surface area (Å²) in [7, 11) is 0. The summed E-state index contributed by atoms with van der Waals surface area (Å²) in [6, 6.07) is -0.929. The fraction of sp³-hybridized carbons (Fsp3) is 0.500. The standard InChI is InChI=1S/C20H19ClF2N6O4S3/c1-7-25-26-20(36-7)35-6-9-5-34-18-13(17(31)29(18)15(9)19(32)33)24-10(30)4-28-14(8-2-3-8)11(21)12(27-28)16(22)23/h8,13,16,18H,2-6H2,1H3,(H,24,30)(H,32,33)/t13-,18+/m1/s1. The largest absolute Gasteiger partial charge is 0.477 e. The SMILES string of the molecule is Cc1nnc(SCC2=C(C(=O)O)N3C(=O)[C@@H](NC(=O)Cn4nc(C(F)F)c(Cl)c4C4CC4)[C@@H]3SC2)s1. The van der Waals surface area contributed by atoms with Gasteiger partial charge in [-0.15, -0.1) is 22.0 Å². The average Bonchev–Trinajstić information content (AvgIpc) is 3.49. The Hall–Kier alpha value is -2.23. The molecule has 2 aromatic heterocycles. The summed E-state index contributed by atoms with van der Waals surface area (Å²) in [5.41, 5.74) is 0.337. The van der Waals surface area contributed by atoms with Crippen molar-refractivity contribution in [2.75, 3.05) is 11.5 Å². The lowest BCUT2D eigenvalue weighted by Gasteiger charge is -2.49. The predicted molar refractivity (Wildman–Crippen MR) is 129 cm³/mol. The molecule has 2 atom stereocenters. The third-order valence-corrected chi connectivity index (χ3v) is 9.65. The van der Waals surface area contributed by atoms with Crippen LogP contribution in [0.15, 0.2) is 15.6 Å². The molecule has 1 saturated heterocycles. The van der Waals surface area contributed by atoms with Crippen molar-refractivity contribution in [3.8, 4) is 0 Å². The number of β-lactam (4-membered cyclic amide) rings is 1. The molecule has 10 nitrogen and oxygen atoms in total. The number of hydrogen-bond acceptors (Lipinski definition) is 9. The number of rotatable bonds is 9. The minimum atomic E-state index is -2.87. The van der Waals surface area contributed by atoms with Gasteiger partial charge in [0.15, 0.2) is 4.34 Å². The second-order valence-electron chi connectivity index (χ2n) is 8.41. The second-order valence-corrected chi connectivity index (χ2v) is 12.3. The van der Waals surface area contributed by atoms with Gasteiger partial charge in [-0.1, -0.05) is 34.7 Å². The number of carbonyl (C=O) groups is 3. The molecule has 2 fully saturated rings. The number of alkyl halides is 2. The zero-order valence-corrected chi connectivity index (χ0v) is 21.8. The van der Waals surface area contributed by atoms with Gasteiger partial charge in [-0.3, -0.25) is 19.2 Å². The molecule has 2 amide bonds. The van der Waals surface area contributed by atoms with Crippen molar-refractivity contribution in [1.29, 1.82) is 0 Å². The van der Waals surface area contributed by atoms with Crippen LogP contribution in [0.1, 0.15) is 41.6 Å². The van der Waals surface area contributed by atoms with Crippen molar-refractivity contribution in [2.24, 2.45) is 0 Å². The molecule has 2 aromatic rings. The summed E-state index contributed by atoms with van der Waals surface area (Å²) in [5, 5.41) is 24.3. The Kier molecular flexibility index (Phi) is 7.00. The molecule has 0 spiro atoms. The number of thioether (sulfide) groups is 2. The Bertz CT molecular complexity index is 1280. The van der Waals surface area contributed by atoms with Gasteiger partial charge in [-0.2, -0.15) is 5.10 Å². The van der Waals surface area contributed by atoms with Crippen LogP contribution in [-0.4, -0.2) is 70.7 Å². The first kappa shape index (κ1) is 25.4. The number of nitrogens with one attached hydrogen (secondary N) is 1. The molecular formula is C20H19ClF2N6O4S3. The fourth-order valence-corrected chi connectivity index (χ4v) is 7.79. The van der Waals surface area contributed by atoms with E-state index in [0.717, 1.165) is 17.8 Å². The van der Waals surface area contributed by atoms with Crippen molar-refractivity contribution in [3.63, 3.8) is 0 Å². The number of carbonyl (C=O) groups excluding carboxylic acids is 2. The van der Waals surface area contributed by atoms with Gasteiger partial charge in [0.1, 0.15) is 34.4 Å². The van der Waals surface area contributed by atoms with Crippen LogP contribution in [0.25, 0.3) is 0 Å². The van der Waals surface area contributed by atoms with E-state index in [-0.39, 0.29) is 23.2 Å². The third kappa shape index (κ3) is 4.73. The number of fused-ring (bicyclic) bond motifs is 1. The van der Waals surface area contributed by atoms with E-state index < -0.39 is 41.3 Å². The summed E-state index contributed by atoms with van der Waals surface area (Å²) in [6.07, 6.45) is -1.33. The molecule has 1 saturated carbocycles. The molecule has 0 bridgehead atoms. The first-order chi connectivity index (χ1) is 17.2. The van der Waals surface area contributed by atoms with E-state index in [1.807, 2.05) is 6.92 Å². The highest BCUT2D eigenvalue weighted by atomic mass is 35.5. The van der Waals surface area contributed by atoms with Crippen LogP contribution in [0.4, 0.5) is 8.78 Å². The zero-order valence-electron chi connectivity index (χ0n) is 18.6. The topological polar surface area (TPSA) is 130 Å². The van der Waals surface area contributed by atoms with E-state index in [2.05, 4.69) is 20.6 Å². The number of nitrogens with zero attached hydrogens (tertiary/aromatic N) is 5. The van der Waals surface area contributed by atoms with Gasteiger partial charge in [0, 0.05) is 17.4 Å². The summed E-state index contributed by atoms with van der Waals surface area (Å²) < 4.78 is 28.4. The van der Waals surface area contributed by atoms with E-state index in [1.165, 1.54) is 44.4 Å². The Morgan fingerprint density at radius 2 is 2.08 bits per heavy atom. The highest BCUT2D eigenvalue weighted by molar-refractivity contribution is 8.01. The number of amides is 2. The Morgan fingerprint density at radius 1 is 1.33 bits per heavy atom. The number of aryl methyl sites for hydroxylation is 1. The number of halogens is 3. The molecule has 0 unspecified atom stereocenters. The molecule has 16 heteroatoms. The van der Waals surface area contributed by atoms with E-state index in [1.54, 1.807) is 0 Å². The van der Waals surface area contributed by atoms with E-state index in [4.69, 9.17) is 11.6 Å². The Labute approximate surface area is 220 Å². The summed E-state index contributed by atoms with van der Waals surface area (Å²) in [4.78, 5) is 38.8. The lowest BCUT2D eigenvalue weighted by molar-refractivity contribution is -0.150.